The number of H-pyrrole nitrogens is 1. The molecule has 3 rings (SSSR count). The molecule has 2 unspecified atom stereocenters. The first-order valence-electron chi connectivity index (χ1n) is 11.0. The van der Waals surface area contributed by atoms with Crippen molar-refractivity contribution < 1.29 is 32.6 Å². The molecule has 1 aliphatic rings. The molecule has 0 bridgehead atoms. The number of rotatable bonds is 9. The Hall–Kier alpha value is -2.94. The highest BCUT2D eigenvalue weighted by Gasteiger charge is 2.43. The Morgan fingerprint density at radius 2 is 2.14 bits per heavy atom. The van der Waals surface area contributed by atoms with Gasteiger partial charge in [0.2, 0.25) is 10.1 Å². The maximum Gasteiger partial charge on any atom is 0.445 e. The predicted octanol–water partition coefficient (Wildman–Crippen LogP) is 3.13. The number of halogens is 3. The standard InChI is InChI=1S/C20H28F3N7O4S/c1-4-5-6-11(14(31)15(32)26-12-7-8-24-27-12)25-18(33)34-13-9-19(2,3)10-30(13)17-29-28-16(35-17)20(21,22)23/h7-8,11,13-14,31H,4-6,9-10H2,1-3H3,(H,25,33)(H2,24,26,27,32)/t11-,13?,14?/m0/s1. The molecule has 4 N–H and O–H groups in total. The van der Waals surface area contributed by atoms with E-state index in [1.165, 1.54) is 17.2 Å². The number of nitrogens with zero attached hydrogens (tertiary/aromatic N) is 4. The van der Waals surface area contributed by atoms with E-state index in [4.69, 9.17) is 4.74 Å². The zero-order chi connectivity index (χ0) is 25.8. The fourth-order valence-electron chi connectivity index (χ4n) is 3.71. The average molecular weight is 520 g/mol. The van der Waals surface area contributed by atoms with Crippen molar-refractivity contribution in [2.45, 2.75) is 71.0 Å². The Bertz CT molecular complexity index is 999. The number of aromatic amines is 1. The summed E-state index contributed by atoms with van der Waals surface area (Å²) in [6, 6.07) is 0.549. The molecule has 35 heavy (non-hydrogen) atoms. The number of alkyl halides is 3. The third kappa shape index (κ3) is 7.04. The molecule has 2 aromatic rings. The Kier molecular flexibility index (Phi) is 8.20. The van der Waals surface area contributed by atoms with E-state index < -0.39 is 41.6 Å². The van der Waals surface area contributed by atoms with Gasteiger partial charge in [0.05, 0.1) is 12.2 Å². The van der Waals surface area contributed by atoms with Gasteiger partial charge in [0.25, 0.3) is 5.91 Å². The lowest BCUT2D eigenvalue weighted by Crippen LogP contribution is -2.50. The number of nitrogens with one attached hydrogen (secondary N) is 3. The van der Waals surface area contributed by atoms with Crippen LogP contribution in [0.4, 0.5) is 28.9 Å². The molecule has 1 fully saturated rings. The Morgan fingerprint density at radius 1 is 1.40 bits per heavy atom. The van der Waals surface area contributed by atoms with Crippen LogP contribution in [0.1, 0.15) is 51.5 Å². The van der Waals surface area contributed by atoms with Crippen LogP contribution in [0.25, 0.3) is 0 Å². The van der Waals surface area contributed by atoms with Crippen molar-refractivity contribution in [3.8, 4) is 0 Å². The number of aliphatic hydroxyl groups is 1. The summed E-state index contributed by atoms with van der Waals surface area (Å²) in [5.41, 5.74) is -0.375. The van der Waals surface area contributed by atoms with Crippen molar-refractivity contribution in [2.75, 3.05) is 16.8 Å². The largest absolute Gasteiger partial charge is 0.445 e. The van der Waals surface area contributed by atoms with E-state index in [-0.39, 0.29) is 16.4 Å². The van der Waals surface area contributed by atoms with Gasteiger partial charge in [-0.2, -0.15) is 18.3 Å². The second-order valence-electron chi connectivity index (χ2n) is 9.04. The maximum atomic E-state index is 13.0. The topological polar surface area (TPSA) is 145 Å². The summed E-state index contributed by atoms with van der Waals surface area (Å²) in [5.74, 6) is -0.460. The number of alkyl carbamates (subject to hydrolysis) is 1. The number of aromatic nitrogens is 4. The molecule has 194 valence electrons. The van der Waals surface area contributed by atoms with Crippen molar-refractivity contribution in [3.63, 3.8) is 0 Å². The quantitative estimate of drug-likeness (QED) is 0.395. The van der Waals surface area contributed by atoms with E-state index in [1.807, 2.05) is 20.8 Å². The highest BCUT2D eigenvalue weighted by Crippen LogP contribution is 2.41. The maximum absolute atomic E-state index is 13.0. The van der Waals surface area contributed by atoms with Gasteiger partial charge < -0.3 is 25.4 Å². The minimum atomic E-state index is -4.63. The highest BCUT2D eigenvalue weighted by atomic mass is 32.1. The number of unbranched alkanes of at least 4 members (excludes halogenated alkanes) is 1. The molecule has 0 spiro atoms. The predicted molar refractivity (Wildman–Crippen MR) is 121 cm³/mol. The van der Waals surface area contributed by atoms with E-state index in [9.17, 15) is 27.9 Å². The second kappa shape index (κ2) is 10.8. The van der Waals surface area contributed by atoms with Crippen LogP contribution in [-0.2, 0) is 15.7 Å². The van der Waals surface area contributed by atoms with Gasteiger partial charge in [-0.05, 0) is 11.8 Å². The first-order valence-corrected chi connectivity index (χ1v) is 11.8. The van der Waals surface area contributed by atoms with Crippen LogP contribution >= 0.6 is 11.3 Å². The zero-order valence-electron chi connectivity index (χ0n) is 19.4. The normalized spacial score (nSPS) is 19.3. The molecule has 11 nitrogen and oxygen atoms in total. The number of carbonyl (C=O) groups excluding carboxylic acids is 2. The number of anilines is 2. The van der Waals surface area contributed by atoms with Crippen LogP contribution < -0.4 is 15.5 Å². The molecule has 0 aromatic carbocycles. The number of aliphatic hydroxyl groups excluding tert-OH is 1. The Labute approximate surface area is 203 Å². The smallest absolute Gasteiger partial charge is 0.425 e. The van der Waals surface area contributed by atoms with Crippen molar-refractivity contribution >= 4 is 34.3 Å². The highest BCUT2D eigenvalue weighted by molar-refractivity contribution is 7.15. The lowest BCUT2D eigenvalue weighted by molar-refractivity contribution is -0.138. The van der Waals surface area contributed by atoms with Crippen LogP contribution in [-0.4, -0.2) is 62.4 Å². The molecular formula is C20H28F3N7O4S. The van der Waals surface area contributed by atoms with Crippen molar-refractivity contribution in [1.82, 2.24) is 25.7 Å². The molecule has 2 aromatic heterocycles. The fourth-order valence-corrected chi connectivity index (χ4v) is 4.46. The molecule has 3 heterocycles. The van der Waals surface area contributed by atoms with E-state index >= 15 is 0 Å². The SMILES string of the molecule is CCCC[C@H](NC(=O)OC1CC(C)(C)CN1c1nnc(C(F)(F)F)s1)C(O)C(=O)Nc1ccn[nH]1. The van der Waals surface area contributed by atoms with Crippen molar-refractivity contribution in [2.24, 2.45) is 5.41 Å². The van der Waals surface area contributed by atoms with Crippen LogP contribution in [0, 0.1) is 5.41 Å². The molecule has 3 atom stereocenters. The molecule has 1 saturated heterocycles. The summed E-state index contributed by atoms with van der Waals surface area (Å²) >= 11 is 0.370. The van der Waals surface area contributed by atoms with Gasteiger partial charge in [-0.15, -0.1) is 10.2 Å². The summed E-state index contributed by atoms with van der Waals surface area (Å²) in [4.78, 5) is 26.6. The van der Waals surface area contributed by atoms with Gasteiger partial charge in [0, 0.05) is 19.0 Å². The van der Waals surface area contributed by atoms with E-state index in [0.717, 1.165) is 6.42 Å². The minimum Gasteiger partial charge on any atom is -0.425 e. The van der Waals surface area contributed by atoms with E-state index in [2.05, 4.69) is 31.0 Å². The van der Waals surface area contributed by atoms with Gasteiger partial charge in [0.1, 0.15) is 5.82 Å². The van der Waals surface area contributed by atoms with E-state index in [0.29, 0.717) is 37.1 Å². The average Bonchev–Trinajstić information content (AvgIpc) is 3.50. The van der Waals surface area contributed by atoms with Gasteiger partial charge in [-0.1, -0.05) is 44.9 Å². The molecule has 0 aliphatic carbocycles. The monoisotopic (exact) mass is 519 g/mol. The summed E-state index contributed by atoms with van der Waals surface area (Å²) < 4.78 is 44.5. The fraction of sp³-hybridized carbons (Fsp3) is 0.650. The molecule has 0 saturated carbocycles. The molecule has 2 amide bonds. The number of carbonyl (C=O) groups is 2. The van der Waals surface area contributed by atoms with Gasteiger partial charge in [-0.25, -0.2) is 4.79 Å². The van der Waals surface area contributed by atoms with Crippen LogP contribution in [0.3, 0.4) is 0 Å². The minimum absolute atomic E-state index is 0.0118. The van der Waals surface area contributed by atoms with E-state index in [1.54, 1.807) is 0 Å². The molecular weight excluding hydrogens is 491 g/mol. The number of amides is 2. The first-order chi connectivity index (χ1) is 16.4. The third-order valence-electron chi connectivity index (χ3n) is 5.40. The van der Waals surface area contributed by atoms with Crippen molar-refractivity contribution in [3.05, 3.63) is 17.3 Å². The summed E-state index contributed by atoms with van der Waals surface area (Å²) in [5, 5.41) is 27.5. The number of hydrogen-bond acceptors (Lipinski definition) is 9. The summed E-state index contributed by atoms with van der Waals surface area (Å²) in [7, 11) is 0. The lowest BCUT2D eigenvalue weighted by atomic mass is 9.93. The van der Waals surface area contributed by atoms with Crippen molar-refractivity contribution in [1.29, 1.82) is 0 Å². The summed E-state index contributed by atoms with van der Waals surface area (Å²) in [6.45, 7) is 6.00. The van der Waals surface area contributed by atoms with Gasteiger partial charge in [-0.3, -0.25) is 9.89 Å². The molecule has 0 radical (unpaired) electrons. The summed E-state index contributed by atoms with van der Waals surface area (Å²) in [6.07, 6.45) is -4.58. The van der Waals surface area contributed by atoms with Crippen LogP contribution in [0.5, 0.6) is 0 Å². The third-order valence-corrected chi connectivity index (χ3v) is 6.40. The first kappa shape index (κ1) is 26.7. The second-order valence-corrected chi connectivity index (χ2v) is 10.00. The van der Waals surface area contributed by atoms with Gasteiger partial charge in [0.15, 0.2) is 12.3 Å². The molecule has 15 heteroatoms. The number of ether oxygens (including phenoxy) is 1. The molecule has 1 aliphatic heterocycles. The Balaban J connectivity index is 1.68. The zero-order valence-corrected chi connectivity index (χ0v) is 20.2. The van der Waals surface area contributed by atoms with Gasteiger partial charge >= 0.3 is 12.3 Å². The Morgan fingerprint density at radius 3 is 2.74 bits per heavy atom. The van der Waals surface area contributed by atoms with Crippen LogP contribution in [0.2, 0.25) is 0 Å². The van der Waals surface area contributed by atoms with Crippen LogP contribution in [0.15, 0.2) is 12.3 Å². The lowest BCUT2D eigenvalue weighted by Gasteiger charge is -2.26. The number of hydrogen-bond donors (Lipinski definition) is 4.